The van der Waals surface area contributed by atoms with Crippen molar-refractivity contribution < 1.29 is 37.6 Å². The first-order valence-electron chi connectivity index (χ1n) is 16.3. The molecule has 2 aromatic carbocycles. The Morgan fingerprint density at radius 1 is 0.432 bits per heavy atom. The number of hydrogen-bond acceptors (Lipinski definition) is 8. The molecule has 2 rings (SSSR count). The van der Waals surface area contributed by atoms with Gasteiger partial charge in [0.1, 0.15) is 0 Å². The number of unbranched alkanes of at least 4 members (excludes halogenated alkanes) is 2. The summed E-state index contributed by atoms with van der Waals surface area (Å²) in [6, 6.07) is 21.3. The third-order valence-electron chi connectivity index (χ3n) is 7.09. The molecule has 0 radical (unpaired) electrons. The Hall–Kier alpha value is -1.66. The van der Waals surface area contributed by atoms with Crippen LogP contribution in [0.25, 0.3) is 0 Å². The van der Waals surface area contributed by atoms with Gasteiger partial charge in [-0.15, -0.1) is 0 Å². The van der Waals surface area contributed by atoms with Crippen LogP contribution in [-0.4, -0.2) is 107 Å². The van der Waals surface area contributed by atoms with E-state index in [0.29, 0.717) is 92.5 Å². The molecule has 9 heteroatoms. The molecule has 44 heavy (non-hydrogen) atoms. The van der Waals surface area contributed by atoms with Crippen molar-refractivity contribution in [3.8, 4) is 0 Å². The van der Waals surface area contributed by atoms with Crippen LogP contribution in [0.1, 0.15) is 47.0 Å². The second-order valence-corrected chi connectivity index (χ2v) is 15.8. The van der Waals surface area contributed by atoms with Crippen LogP contribution in [0.2, 0.25) is 5.04 Å². The fraction of sp³-hybridized carbons (Fsp3) is 0.657. The van der Waals surface area contributed by atoms with Crippen molar-refractivity contribution in [1.82, 2.24) is 0 Å². The fourth-order valence-electron chi connectivity index (χ4n) is 4.89. The number of benzene rings is 2. The Labute approximate surface area is 267 Å². The highest BCUT2D eigenvalue weighted by atomic mass is 28.4. The third-order valence-corrected chi connectivity index (χ3v) is 12.1. The Kier molecular flexibility index (Phi) is 21.5. The quantitative estimate of drug-likeness (QED) is 0.0970. The zero-order valence-corrected chi connectivity index (χ0v) is 28.8. The van der Waals surface area contributed by atoms with Crippen molar-refractivity contribution in [1.29, 1.82) is 0 Å². The smallest absolute Gasteiger partial charge is 0.261 e. The molecular weight excluding hydrogens is 576 g/mol. The Bertz CT molecular complexity index is 870. The van der Waals surface area contributed by atoms with Gasteiger partial charge in [-0.05, 0) is 21.8 Å². The molecule has 0 unspecified atom stereocenters. The maximum atomic E-state index is 6.84. The molecule has 0 saturated heterocycles. The monoisotopic (exact) mass is 634 g/mol. The molecule has 250 valence electrons. The van der Waals surface area contributed by atoms with Gasteiger partial charge < -0.3 is 37.6 Å². The van der Waals surface area contributed by atoms with E-state index in [2.05, 4.69) is 88.4 Å². The molecule has 0 heterocycles. The number of rotatable bonds is 28. The Balaban J connectivity index is 1.43. The molecule has 0 aliphatic carbocycles. The van der Waals surface area contributed by atoms with E-state index in [4.69, 9.17) is 37.6 Å². The summed E-state index contributed by atoms with van der Waals surface area (Å²) in [5, 5.41) is 2.50. The van der Waals surface area contributed by atoms with E-state index in [-0.39, 0.29) is 5.04 Å². The summed E-state index contributed by atoms with van der Waals surface area (Å²) in [6.45, 7) is 17.5. The number of ether oxygens (including phenoxy) is 7. The topological polar surface area (TPSA) is 73.8 Å². The van der Waals surface area contributed by atoms with Gasteiger partial charge >= 0.3 is 0 Å². The average molecular weight is 635 g/mol. The number of hydrogen-bond donors (Lipinski definition) is 0. The van der Waals surface area contributed by atoms with Gasteiger partial charge in [0.2, 0.25) is 0 Å². The minimum absolute atomic E-state index is 0.0457. The van der Waals surface area contributed by atoms with Crippen molar-refractivity contribution in [3.05, 3.63) is 60.7 Å². The predicted molar refractivity (Wildman–Crippen MR) is 179 cm³/mol. The predicted octanol–water partition coefficient (Wildman–Crippen LogP) is 4.87. The van der Waals surface area contributed by atoms with E-state index in [9.17, 15) is 0 Å². The summed E-state index contributed by atoms with van der Waals surface area (Å²) >= 11 is 0. The van der Waals surface area contributed by atoms with Gasteiger partial charge in [-0.2, -0.15) is 0 Å². The molecule has 0 N–H and O–H groups in total. The molecule has 0 aliphatic rings. The lowest BCUT2D eigenvalue weighted by molar-refractivity contribution is -0.0213. The molecule has 8 nitrogen and oxygen atoms in total. The first kappa shape index (κ1) is 38.5. The molecule has 0 saturated carbocycles. The third kappa shape index (κ3) is 15.6. The largest absolute Gasteiger partial charge is 0.405 e. The highest BCUT2D eigenvalue weighted by Crippen LogP contribution is 2.36. The molecule has 2 aromatic rings. The van der Waals surface area contributed by atoms with Crippen molar-refractivity contribution in [2.75, 3.05) is 99.1 Å². The van der Waals surface area contributed by atoms with Crippen molar-refractivity contribution in [2.24, 2.45) is 0 Å². The van der Waals surface area contributed by atoms with E-state index in [1.165, 1.54) is 23.2 Å². The van der Waals surface area contributed by atoms with E-state index >= 15 is 0 Å². The minimum Gasteiger partial charge on any atom is -0.405 e. The molecule has 0 bridgehead atoms. The Morgan fingerprint density at radius 2 is 0.750 bits per heavy atom. The van der Waals surface area contributed by atoms with Crippen LogP contribution < -0.4 is 10.4 Å². The second kappa shape index (κ2) is 24.6. The van der Waals surface area contributed by atoms with Crippen LogP contribution in [0.15, 0.2) is 60.7 Å². The average Bonchev–Trinajstić information content (AvgIpc) is 3.03. The lowest BCUT2D eigenvalue weighted by atomic mass is 10.2. The minimum atomic E-state index is -2.52. The van der Waals surface area contributed by atoms with Crippen molar-refractivity contribution in [3.63, 3.8) is 0 Å². The highest BCUT2D eigenvalue weighted by molar-refractivity contribution is 6.99. The van der Waals surface area contributed by atoms with E-state index < -0.39 is 8.32 Å². The zero-order chi connectivity index (χ0) is 31.6. The summed E-state index contributed by atoms with van der Waals surface area (Å²) in [4.78, 5) is 0. The van der Waals surface area contributed by atoms with Gasteiger partial charge in [-0.1, -0.05) is 101 Å². The molecule has 0 aliphatic heterocycles. The van der Waals surface area contributed by atoms with Gasteiger partial charge in [0.15, 0.2) is 0 Å². The van der Waals surface area contributed by atoms with Gasteiger partial charge in [0, 0.05) is 6.61 Å². The molecule has 0 spiro atoms. The van der Waals surface area contributed by atoms with Gasteiger partial charge in [0.05, 0.1) is 92.5 Å². The van der Waals surface area contributed by atoms with Crippen LogP contribution in [0.3, 0.4) is 0 Å². The van der Waals surface area contributed by atoms with E-state index in [0.717, 1.165) is 13.0 Å². The SMILES string of the molecule is CCCCCOCCOCCOCCOCCOCCOCCOCCO[Si](c1ccccc1)(c1ccccc1)C(C)(C)C. The fourth-order valence-corrected chi connectivity index (χ4v) is 9.44. The highest BCUT2D eigenvalue weighted by Gasteiger charge is 2.49. The normalized spacial score (nSPS) is 12.2. The summed E-state index contributed by atoms with van der Waals surface area (Å²) in [5.74, 6) is 0. The van der Waals surface area contributed by atoms with Crippen LogP contribution in [0, 0.1) is 0 Å². The lowest BCUT2D eigenvalue weighted by Gasteiger charge is -2.43. The molecular formula is C35H58O8Si. The van der Waals surface area contributed by atoms with Crippen LogP contribution >= 0.6 is 0 Å². The van der Waals surface area contributed by atoms with Crippen LogP contribution in [0.4, 0.5) is 0 Å². The summed E-state index contributed by atoms with van der Waals surface area (Å²) in [6.07, 6.45) is 3.55. The lowest BCUT2D eigenvalue weighted by Crippen LogP contribution is -2.66. The molecule has 0 fully saturated rings. The summed E-state index contributed by atoms with van der Waals surface area (Å²) in [7, 11) is -2.52. The van der Waals surface area contributed by atoms with Crippen molar-refractivity contribution in [2.45, 2.75) is 52.0 Å². The molecule has 0 amide bonds. The summed E-state index contributed by atoms with van der Waals surface area (Å²) in [5.41, 5.74) is 0. The molecule has 0 atom stereocenters. The first-order valence-corrected chi connectivity index (χ1v) is 18.2. The zero-order valence-electron chi connectivity index (χ0n) is 27.8. The van der Waals surface area contributed by atoms with Gasteiger partial charge in [0.25, 0.3) is 8.32 Å². The van der Waals surface area contributed by atoms with Crippen LogP contribution in [-0.2, 0) is 37.6 Å². The molecule has 0 aromatic heterocycles. The van der Waals surface area contributed by atoms with Crippen LogP contribution in [0.5, 0.6) is 0 Å². The Morgan fingerprint density at radius 3 is 1.07 bits per heavy atom. The van der Waals surface area contributed by atoms with E-state index in [1.54, 1.807) is 0 Å². The maximum absolute atomic E-state index is 6.84. The van der Waals surface area contributed by atoms with Crippen molar-refractivity contribution >= 4 is 18.7 Å². The standard InChI is InChI=1S/C35H58O8Si/c1-5-6-13-18-36-19-20-37-21-22-38-23-24-39-25-26-40-27-28-41-29-30-42-31-32-43-44(35(2,3)4,33-14-9-7-10-15-33)34-16-11-8-12-17-34/h7-12,14-17H,5-6,13,18-32H2,1-4H3. The maximum Gasteiger partial charge on any atom is 0.261 e. The summed E-state index contributed by atoms with van der Waals surface area (Å²) < 4.78 is 45.9. The van der Waals surface area contributed by atoms with Gasteiger partial charge in [-0.25, -0.2) is 0 Å². The van der Waals surface area contributed by atoms with Gasteiger partial charge in [-0.3, -0.25) is 0 Å². The van der Waals surface area contributed by atoms with E-state index in [1.807, 2.05) is 0 Å². The second-order valence-electron chi connectivity index (χ2n) is 11.5. The first-order chi connectivity index (χ1) is 21.5.